The molecule has 19 heavy (non-hydrogen) atoms. The minimum absolute atomic E-state index is 0.126. The molecule has 2 N–H and O–H groups in total. The Balaban J connectivity index is 2.04. The Morgan fingerprint density at radius 2 is 1.95 bits per heavy atom. The molecule has 1 fully saturated rings. The van der Waals surface area contributed by atoms with Gasteiger partial charge in [-0.2, -0.15) is 0 Å². The summed E-state index contributed by atoms with van der Waals surface area (Å²) >= 11 is 0. The van der Waals surface area contributed by atoms with Gasteiger partial charge >= 0.3 is 0 Å². The molecule has 106 valence electrons. The van der Waals surface area contributed by atoms with E-state index in [0.717, 1.165) is 12.5 Å². The lowest BCUT2D eigenvalue weighted by molar-refractivity contribution is 0.200. The van der Waals surface area contributed by atoms with Crippen molar-refractivity contribution < 1.29 is 0 Å². The third-order valence-corrected chi connectivity index (χ3v) is 4.19. The van der Waals surface area contributed by atoms with Gasteiger partial charge in [0.2, 0.25) is 0 Å². The molecule has 1 aromatic carbocycles. The second-order valence-electron chi connectivity index (χ2n) is 6.46. The molecule has 0 saturated heterocycles. The zero-order chi connectivity index (χ0) is 14.0. The van der Waals surface area contributed by atoms with Crippen LogP contribution in [0.2, 0.25) is 0 Å². The first-order valence-corrected chi connectivity index (χ1v) is 7.54. The van der Waals surface area contributed by atoms with E-state index in [1.165, 1.54) is 36.1 Å². The van der Waals surface area contributed by atoms with Gasteiger partial charge in [-0.05, 0) is 57.6 Å². The van der Waals surface area contributed by atoms with Crippen LogP contribution in [0.25, 0.3) is 0 Å². The lowest BCUT2D eigenvalue weighted by Gasteiger charge is -2.30. The third-order valence-electron chi connectivity index (χ3n) is 4.19. The summed E-state index contributed by atoms with van der Waals surface area (Å²) in [5, 5.41) is 0. The van der Waals surface area contributed by atoms with Gasteiger partial charge < -0.3 is 5.73 Å². The molecule has 1 atom stereocenters. The minimum Gasteiger partial charge on any atom is -0.323 e. The molecule has 0 aromatic heterocycles. The Bertz CT molecular complexity index is 421. The Morgan fingerprint density at radius 1 is 1.26 bits per heavy atom. The second-order valence-corrected chi connectivity index (χ2v) is 6.46. The van der Waals surface area contributed by atoms with E-state index >= 15 is 0 Å². The Labute approximate surface area is 118 Å². The number of nitrogens with zero attached hydrogens (tertiary/aromatic N) is 1. The Hall–Kier alpha value is -0.860. The standard InChI is InChI=1S/C17H28N2/c1-12(2)19(10-15-7-8-15)11-17(18)16-9-13(3)5-6-14(16)4/h5-6,9,12,15,17H,7-8,10-11,18H2,1-4H3. The summed E-state index contributed by atoms with van der Waals surface area (Å²) in [4.78, 5) is 2.55. The molecular formula is C17H28N2. The largest absolute Gasteiger partial charge is 0.323 e. The predicted octanol–water partition coefficient (Wildman–Crippen LogP) is 3.42. The topological polar surface area (TPSA) is 29.3 Å². The number of aryl methyl sites for hydroxylation is 2. The van der Waals surface area contributed by atoms with Gasteiger partial charge in [0.1, 0.15) is 0 Å². The van der Waals surface area contributed by atoms with E-state index in [0.29, 0.717) is 6.04 Å². The van der Waals surface area contributed by atoms with Gasteiger partial charge in [0, 0.05) is 25.2 Å². The Morgan fingerprint density at radius 3 is 2.53 bits per heavy atom. The van der Waals surface area contributed by atoms with Crippen molar-refractivity contribution >= 4 is 0 Å². The van der Waals surface area contributed by atoms with E-state index < -0.39 is 0 Å². The molecule has 1 aliphatic rings. The summed E-state index contributed by atoms with van der Waals surface area (Å²) in [5.74, 6) is 0.924. The molecule has 0 heterocycles. The van der Waals surface area contributed by atoms with Crippen molar-refractivity contribution in [3.63, 3.8) is 0 Å². The van der Waals surface area contributed by atoms with Gasteiger partial charge in [-0.3, -0.25) is 4.90 Å². The number of rotatable bonds is 6. The first kappa shape index (κ1) is 14.5. The number of hydrogen-bond donors (Lipinski definition) is 1. The number of nitrogens with two attached hydrogens (primary N) is 1. The fraction of sp³-hybridized carbons (Fsp3) is 0.647. The summed E-state index contributed by atoms with van der Waals surface area (Å²) in [6.45, 7) is 11.0. The highest BCUT2D eigenvalue weighted by Crippen LogP contribution is 2.31. The zero-order valence-corrected chi connectivity index (χ0v) is 12.8. The number of benzene rings is 1. The zero-order valence-electron chi connectivity index (χ0n) is 12.8. The van der Waals surface area contributed by atoms with Crippen LogP contribution in [-0.2, 0) is 0 Å². The van der Waals surface area contributed by atoms with Gasteiger partial charge in [-0.25, -0.2) is 0 Å². The van der Waals surface area contributed by atoms with Gasteiger partial charge in [0.25, 0.3) is 0 Å². The molecule has 2 nitrogen and oxygen atoms in total. The lowest BCUT2D eigenvalue weighted by atomic mass is 9.98. The molecule has 1 saturated carbocycles. The summed E-state index contributed by atoms with van der Waals surface area (Å²) in [6, 6.07) is 7.30. The highest BCUT2D eigenvalue weighted by atomic mass is 15.2. The highest BCUT2D eigenvalue weighted by Gasteiger charge is 2.26. The molecule has 2 rings (SSSR count). The minimum atomic E-state index is 0.126. The molecule has 1 unspecified atom stereocenters. The monoisotopic (exact) mass is 260 g/mol. The first-order valence-electron chi connectivity index (χ1n) is 7.54. The second kappa shape index (κ2) is 6.06. The van der Waals surface area contributed by atoms with Crippen molar-refractivity contribution in [3.8, 4) is 0 Å². The van der Waals surface area contributed by atoms with Gasteiger partial charge in [-0.15, -0.1) is 0 Å². The van der Waals surface area contributed by atoms with E-state index in [-0.39, 0.29) is 6.04 Å². The van der Waals surface area contributed by atoms with Crippen molar-refractivity contribution in [3.05, 3.63) is 34.9 Å². The molecule has 1 aromatic rings. The fourth-order valence-electron chi connectivity index (χ4n) is 2.64. The first-order chi connectivity index (χ1) is 8.97. The molecule has 2 heteroatoms. The lowest BCUT2D eigenvalue weighted by Crippen LogP contribution is -2.38. The highest BCUT2D eigenvalue weighted by molar-refractivity contribution is 5.33. The fourth-order valence-corrected chi connectivity index (χ4v) is 2.64. The van der Waals surface area contributed by atoms with E-state index in [1.54, 1.807) is 0 Å². The van der Waals surface area contributed by atoms with E-state index in [4.69, 9.17) is 5.73 Å². The van der Waals surface area contributed by atoms with Crippen LogP contribution in [0.15, 0.2) is 18.2 Å². The van der Waals surface area contributed by atoms with Crippen LogP contribution < -0.4 is 5.73 Å². The smallest absolute Gasteiger partial charge is 0.0427 e. The molecule has 1 aliphatic carbocycles. The van der Waals surface area contributed by atoms with Crippen LogP contribution >= 0.6 is 0 Å². The van der Waals surface area contributed by atoms with Crippen LogP contribution in [0.1, 0.15) is 49.4 Å². The van der Waals surface area contributed by atoms with Crippen LogP contribution in [-0.4, -0.2) is 24.0 Å². The summed E-state index contributed by atoms with van der Waals surface area (Å²) < 4.78 is 0. The normalized spacial score (nSPS) is 17.2. The van der Waals surface area contributed by atoms with Gasteiger partial charge in [-0.1, -0.05) is 23.8 Å². The molecule has 0 spiro atoms. The van der Waals surface area contributed by atoms with E-state index in [2.05, 4.69) is 50.8 Å². The average Bonchev–Trinajstić information content (AvgIpc) is 3.15. The van der Waals surface area contributed by atoms with Crippen LogP contribution in [0.3, 0.4) is 0 Å². The molecule has 0 amide bonds. The third kappa shape index (κ3) is 4.05. The van der Waals surface area contributed by atoms with E-state index in [1.807, 2.05) is 0 Å². The maximum atomic E-state index is 6.46. The molecular weight excluding hydrogens is 232 g/mol. The number of hydrogen-bond acceptors (Lipinski definition) is 2. The van der Waals surface area contributed by atoms with Crippen LogP contribution in [0.4, 0.5) is 0 Å². The van der Waals surface area contributed by atoms with Crippen molar-refractivity contribution in [2.75, 3.05) is 13.1 Å². The average molecular weight is 260 g/mol. The SMILES string of the molecule is Cc1ccc(C)c(C(N)CN(CC2CC2)C(C)C)c1. The van der Waals surface area contributed by atoms with Crippen molar-refractivity contribution in [2.24, 2.45) is 11.7 Å². The summed E-state index contributed by atoms with van der Waals surface area (Å²) in [5.41, 5.74) is 10.4. The van der Waals surface area contributed by atoms with Crippen LogP contribution in [0, 0.1) is 19.8 Å². The summed E-state index contributed by atoms with van der Waals surface area (Å²) in [6.07, 6.45) is 2.81. The van der Waals surface area contributed by atoms with Crippen LogP contribution in [0.5, 0.6) is 0 Å². The van der Waals surface area contributed by atoms with E-state index in [9.17, 15) is 0 Å². The van der Waals surface area contributed by atoms with Gasteiger partial charge in [0.05, 0.1) is 0 Å². The molecule has 0 bridgehead atoms. The van der Waals surface area contributed by atoms with Crippen molar-refractivity contribution in [1.29, 1.82) is 0 Å². The quantitative estimate of drug-likeness (QED) is 0.849. The maximum absolute atomic E-state index is 6.46. The van der Waals surface area contributed by atoms with Crippen molar-refractivity contribution in [2.45, 2.75) is 52.6 Å². The van der Waals surface area contributed by atoms with Crippen molar-refractivity contribution in [1.82, 2.24) is 4.90 Å². The molecule has 0 radical (unpaired) electrons. The van der Waals surface area contributed by atoms with Gasteiger partial charge in [0.15, 0.2) is 0 Å². The molecule has 0 aliphatic heterocycles. The predicted molar refractivity (Wildman–Crippen MR) is 82.3 cm³/mol. The Kier molecular flexibility index (Phi) is 4.64. The maximum Gasteiger partial charge on any atom is 0.0427 e. The summed E-state index contributed by atoms with van der Waals surface area (Å²) in [7, 11) is 0.